The molecule has 0 aliphatic carbocycles. The van der Waals surface area contributed by atoms with Crippen molar-refractivity contribution in [2.45, 2.75) is 6.61 Å². The van der Waals surface area contributed by atoms with Crippen LogP contribution in [0.3, 0.4) is 0 Å². The fourth-order valence-corrected chi connectivity index (χ4v) is 1.96. The molecule has 0 unspecified atom stereocenters. The molecule has 2 N–H and O–H groups in total. The highest BCUT2D eigenvalue weighted by Crippen LogP contribution is 2.25. The lowest BCUT2D eigenvalue weighted by molar-refractivity contribution is 0.1000. The van der Waals surface area contributed by atoms with Crippen molar-refractivity contribution in [3.63, 3.8) is 0 Å². The van der Waals surface area contributed by atoms with Gasteiger partial charge < -0.3 is 10.5 Å². The van der Waals surface area contributed by atoms with Crippen LogP contribution in [0.2, 0.25) is 10.0 Å². The van der Waals surface area contributed by atoms with E-state index in [1.807, 2.05) is 12.1 Å². The Morgan fingerprint density at radius 2 is 1.84 bits per heavy atom. The summed E-state index contributed by atoms with van der Waals surface area (Å²) in [4.78, 5) is 11.0. The molecule has 0 saturated heterocycles. The van der Waals surface area contributed by atoms with Gasteiger partial charge in [-0.1, -0.05) is 41.4 Å². The van der Waals surface area contributed by atoms with Gasteiger partial charge in [0.05, 0.1) is 5.02 Å². The SMILES string of the molecule is NC(=O)c1ccc(COc2ccccc2Cl)c(Cl)c1. The number of hydrogen-bond acceptors (Lipinski definition) is 2. The summed E-state index contributed by atoms with van der Waals surface area (Å²) in [6, 6.07) is 12.0. The van der Waals surface area contributed by atoms with Gasteiger partial charge in [-0.05, 0) is 24.3 Å². The van der Waals surface area contributed by atoms with Crippen LogP contribution < -0.4 is 10.5 Å². The molecule has 0 heterocycles. The number of amides is 1. The lowest BCUT2D eigenvalue weighted by Gasteiger charge is -2.09. The van der Waals surface area contributed by atoms with E-state index >= 15 is 0 Å². The van der Waals surface area contributed by atoms with Crippen molar-refractivity contribution in [1.29, 1.82) is 0 Å². The summed E-state index contributed by atoms with van der Waals surface area (Å²) in [5, 5.41) is 0.968. The van der Waals surface area contributed by atoms with Gasteiger partial charge in [0, 0.05) is 16.1 Å². The zero-order valence-electron chi connectivity index (χ0n) is 9.90. The third-order valence-electron chi connectivity index (χ3n) is 2.56. The molecule has 2 aromatic rings. The Labute approximate surface area is 120 Å². The minimum Gasteiger partial charge on any atom is -0.487 e. The van der Waals surface area contributed by atoms with Crippen molar-refractivity contribution in [2.75, 3.05) is 0 Å². The summed E-state index contributed by atoms with van der Waals surface area (Å²) < 4.78 is 5.57. The Morgan fingerprint density at radius 3 is 2.47 bits per heavy atom. The molecule has 3 nitrogen and oxygen atoms in total. The van der Waals surface area contributed by atoms with E-state index in [-0.39, 0.29) is 6.61 Å². The van der Waals surface area contributed by atoms with Crippen molar-refractivity contribution in [1.82, 2.24) is 0 Å². The fourth-order valence-electron chi connectivity index (χ4n) is 1.53. The van der Waals surface area contributed by atoms with E-state index in [4.69, 9.17) is 33.7 Å². The highest BCUT2D eigenvalue weighted by molar-refractivity contribution is 6.32. The summed E-state index contributed by atoms with van der Waals surface area (Å²) >= 11 is 12.0. The normalized spacial score (nSPS) is 10.2. The number of halogens is 2. The van der Waals surface area contributed by atoms with E-state index in [0.29, 0.717) is 21.4 Å². The molecule has 0 aliphatic heterocycles. The minimum absolute atomic E-state index is 0.265. The zero-order chi connectivity index (χ0) is 13.8. The summed E-state index contributed by atoms with van der Waals surface area (Å²) in [5.41, 5.74) is 6.29. The van der Waals surface area contributed by atoms with Gasteiger partial charge in [-0.3, -0.25) is 4.79 Å². The van der Waals surface area contributed by atoms with Crippen LogP contribution in [0.25, 0.3) is 0 Å². The van der Waals surface area contributed by atoms with E-state index in [0.717, 1.165) is 5.56 Å². The monoisotopic (exact) mass is 295 g/mol. The molecular weight excluding hydrogens is 285 g/mol. The van der Waals surface area contributed by atoms with Crippen molar-refractivity contribution in [2.24, 2.45) is 5.73 Å². The minimum atomic E-state index is -0.513. The van der Waals surface area contributed by atoms with Crippen LogP contribution in [0.5, 0.6) is 5.75 Å². The second-order valence-corrected chi connectivity index (χ2v) is 4.70. The first-order valence-electron chi connectivity index (χ1n) is 5.53. The second-order valence-electron chi connectivity index (χ2n) is 3.89. The van der Waals surface area contributed by atoms with Gasteiger partial charge in [-0.15, -0.1) is 0 Å². The molecule has 19 heavy (non-hydrogen) atoms. The molecule has 1 amide bonds. The number of rotatable bonds is 4. The molecule has 0 saturated carbocycles. The maximum absolute atomic E-state index is 11.0. The summed E-state index contributed by atoms with van der Waals surface area (Å²) in [6.07, 6.45) is 0. The van der Waals surface area contributed by atoms with Gasteiger partial charge in [0.1, 0.15) is 12.4 Å². The van der Waals surface area contributed by atoms with E-state index < -0.39 is 5.91 Å². The first kappa shape index (κ1) is 13.7. The third-order valence-corrected chi connectivity index (χ3v) is 3.22. The van der Waals surface area contributed by atoms with Crippen LogP contribution >= 0.6 is 23.2 Å². The van der Waals surface area contributed by atoms with Gasteiger partial charge >= 0.3 is 0 Å². The quantitative estimate of drug-likeness (QED) is 0.935. The van der Waals surface area contributed by atoms with Gasteiger partial charge in [0.15, 0.2) is 0 Å². The molecule has 0 spiro atoms. The molecule has 0 aromatic heterocycles. The molecule has 2 aromatic carbocycles. The molecule has 0 fully saturated rings. The van der Waals surface area contributed by atoms with Gasteiger partial charge in [0.2, 0.25) is 5.91 Å². The molecule has 0 bridgehead atoms. The smallest absolute Gasteiger partial charge is 0.248 e. The first-order valence-corrected chi connectivity index (χ1v) is 6.29. The van der Waals surface area contributed by atoms with Crippen molar-refractivity contribution in [3.05, 3.63) is 63.6 Å². The topological polar surface area (TPSA) is 52.3 Å². The largest absolute Gasteiger partial charge is 0.487 e. The maximum Gasteiger partial charge on any atom is 0.248 e. The summed E-state index contributed by atoms with van der Waals surface area (Å²) in [7, 11) is 0. The Balaban J connectivity index is 2.12. The van der Waals surface area contributed by atoms with Gasteiger partial charge in [-0.2, -0.15) is 0 Å². The van der Waals surface area contributed by atoms with E-state index in [1.165, 1.54) is 6.07 Å². The Morgan fingerprint density at radius 1 is 1.11 bits per heavy atom. The highest BCUT2D eigenvalue weighted by atomic mass is 35.5. The van der Waals surface area contributed by atoms with Gasteiger partial charge in [-0.25, -0.2) is 0 Å². The Hall–Kier alpha value is -1.71. The predicted octanol–water partition coefficient (Wildman–Crippen LogP) is 3.67. The van der Waals surface area contributed by atoms with Crippen molar-refractivity contribution >= 4 is 29.1 Å². The standard InChI is InChI=1S/C14H11Cl2NO2/c15-11-3-1-2-4-13(11)19-8-10-6-5-9(14(17)18)7-12(10)16/h1-7H,8H2,(H2,17,18). The maximum atomic E-state index is 11.0. The van der Waals surface area contributed by atoms with E-state index in [9.17, 15) is 4.79 Å². The number of carbonyl (C=O) groups is 1. The number of carbonyl (C=O) groups excluding carboxylic acids is 1. The number of benzene rings is 2. The second kappa shape index (κ2) is 5.95. The average Bonchev–Trinajstić information content (AvgIpc) is 2.39. The highest BCUT2D eigenvalue weighted by Gasteiger charge is 2.07. The zero-order valence-corrected chi connectivity index (χ0v) is 11.4. The lowest BCUT2D eigenvalue weighted by atomic mass is 10.1. The Bertz CT molecular complexity index is 614. The average molecular weight is 296 g/mol. The predicted molar refractivity (Wildman–Crippen MR) is 75.8 cm³/mol. The van der Waals surface area contributed by atoms with Gasteiger partial charge in [0.25, 0.3) is 0 Å². The molecule has 0 radical (unpaired) electrons. The van der Waals surface area contributed by atoms with Crippen LogP contribution in [0.1, 0.15) is 15.9 Å². The van der Waals surface area contributed by atoms with Crippen LogP contribution in [-0.4, -0.2) is 5.91 Å². The Kier molecular flexibility index (Phi) is 4.30. The first-order chi connectivity index (χ1) is 9.08. The van der Waals surface area contributed by atoms with E-state index in [2.05, 4.69) is 0 Å². The summed E-state index contributed by atoms with van der Waals surface area (Å²) in [5.74, 6) is 0.0692. The number of primary amides is 1. The number of para-hydroxylation sites is 1. The van der Waals surface area contributed by atoms with Crippen molar-refractivity contribution in [3.8, 4) is 5.75 Å². The van der Waals surface area contributed by atoms with Crippen LogP contribution in [0.4, 0.5) is 0 Å². The number of nitrogens with two attached hydrogens (primary N) is 1. The molecule has 0 atom stereocenters. The number of ether oxygens (including phenoxy) is 1. The lowest BCUT2D eigenvalue weighted by Crippen LogP contribution is -2.11. The molecule has 2 rings (SSSR count). The molecule has 0 aliphatic rings. The molecule has 5 heteroatoms. The molecular formula is C14H11Cl2NO2. The van der Waals surface area contributed by atoms with Crippen molar-refractivity contribution < 1.29 is 9.53 Å². The number of hydrogen-bond donors (Lipinski definition) is 1. The van der Waals surface area contributed by atoms with Crippen LogP contribution in [-0.2, 0) is 6.61 Å². The van der Waals surface area contributed by atoms with Crippen LogP contribution in [0, 0.1) is 0 Å². The fraction of sp³-hybridized carbons (Fsp3) is 0.0714. The molecule has 98 valence electrons. The summed E-state index contributed by atoms with van der Waals surface area (Å²) in [6.45, 7) is 0.265. The van der Waals surface area contributed by atoms with E-state index in [1.54, 1.807) is 24.3 Å². The third kappa shape index (κ3) is 3.40. The van der Waals surface area contributed by atoms with Crippen LogP contribution in [0.15, 0.2) is 42.5 Å².